The lowest BCUT2D eigenvalue weighted by Crippen LogP contribution is -2.20. The molecule has 1 atom stereocenters. The Hall–Kier alpha value is -1.03. The van der Waals surface area contributed by atoms with Crippen LogP contribution in [0.5, 0.6) is 0 Å². The molecule has 1 aromatic carbocycles. The number of hydrogen-bond acceptors (Lipinski definition) is 1. The second-order valence-electron chi connectivity index (χ2n) is 3.79. The van der Waals surface area contributed by atoms with E-state index in [4.69, 9.17) is 5.73 Å². The number of aryl methyl sites for hydroxylation is 2. The molecule has 2 N–H and O–H groups in total. The van der Waals surface area contributed by atoms with E-state index in [0.29, 0.717) is 5.56 Å². The number of benzene rings is 1. The van der Waals surface area contributed by atoms with Crippen molar-refractivity contribution in [1.29, 1.82) is 0 Å². The topological polar surface area (TPSA) is 26.0 Å². The van der Waals surface area contributed by atoms with Crippen LogP contribution in [-0.4, -0.2) is 6.18 Å². The summed E-state index contributed by atoms with van der Waals surface area (Å²) in [6, 6.07) is 4.32. The molecule has 0 aliphatic carbocycles. The Balaban J connectivity index is 2.87. The minimum atomic E-state index is -4.21. The third-order valence-electron chi connectivity index (χ3n) is 2.28. The summed E-state index contributed by atoms with van der Waals surface area (Å²) in [6.45, 7) is 3.67. The molecule has 0 heterocycles. The zero-order valence-corrected chi connectivity index (χ0v) is 8.73. The quantitative estimate of drug-likeness (QED) is 0.808. The first-order chi connectivity index (χ1) is 6.79. The van der Waals surface area contributed by atoms with Gasteiger partial charge in [0.1, 0.15) is 0 Å². The molecule has 0 aliphatic heterocycles. The Morgan fingerprint density at radius 3 is 2.33 bits per heavy atom. The predicted molar refractivity (Wildman–Crippen MR) is 53.5 cm³/mol. The molecule has 1 aromatic rings. The monoisotopic (exact) mass is 217 g/mol. The van der Waals surface area contributed by atoms with Crippen LogP contribution in [0.15, 0.2) is 18.2 Å². The number of rotatable bonds is 2. The van der Waals surface area contributed by atoms with Gasteiger partial charge in [-0.05, 0) is 25.0 Å². The summed E-state index contributed by atoms with van der Waals surface area (Å²) >= 11 is 0. The van der Waals surface area contributed by atoms with Gasteiger partial charge in [-0.3, -0.25) is 0 Å². The molecular weight excluding hydrogens is 203 g/mol. The lowest BCUT2D eigenvalue weighted by atomic mass is 9.98. The Morgan fingerprint density at radius 2 is 1.87 bits per heavy atom. The van der Waals surface area contributed by atoms with Crippen molar-refractivity contribution in [3.05, 3.63) is 34.9 Å². The molecule has 15 heavy (non-hydrogen) atoms. The van der Waals surface area contributed by atoms with Gasteiger partial charge in [0.2, 0.25) is 0 Å². The molecule has 0 amide bonds. The zero-order valence-electron chi connectivity index (χ0n) is 8.73. The maximum Gasteiger partial charge on any atom is 0.390 e. The Morgan fingerprint density at radius 1 is 1.27 bits per heavy atom. The van der Waals surface area contributed by atoms with E-state index in [-0.39, 0.29) is 0 Å². The van der Waals surface area contributed by atoms with E-state index < -0.39 is 18.6 Å². The molecule has 4 heteroatoms. The largest absolute Gasteiger partial charge is 0.390 e. The van der Waals surface area contributed by atoms with Crippen LogP contribution >= 0.6 is 0 Å². The average Bonchev–Trinajstić information content (AvgIpc) is 1.99. The SMILES string of the molecule is Cc1ccc([C@H](N)CC(F)(F)F)c(C)c1. The van der Waals surface area contributed by atoms with E-state index in [9.17, 15) is 13.2 Å². The molecule has 0 radical (unpaired) electrons. The highest BCUT2D eigenvalue weighted by atomic mass is 19.4. The molecule has 84 valence electrons. The van der Waals surface area contributed by atoms with Crippen LogP contribution in [-0.2, 0) is 0 Å². The fourth-order valence-corrected chi connectivity index (χ4v) is 1.60. The van der Waals surface area contributed by atoms with Crippen molar-refractivity contribution in [2.45, 2.75) is 32.5 Å². The van der Waals surface area contributed by atoms with Crippen LogP contribution in [0.1, 0.15) is 29.2 Å². The third kappa shape index (κ3) is 3.55. The maximum atomic E-state index is 12.1. The van der Waals surface area contributed by atoms with E-state index in [1.54, 1.807) is 19.1 Å². The predicted octanol–water partition coefficient (Wildman–Crippen LogP) is 3.26. The van der Waals surface area contributed by atoms with Crippen molar-refractivity contribution in [2.24, 2.45) is 5.73 Å². The number of halogens is 3. The molecule has 0 spiro atoms. The van der Waals surface area contributed by atoms with Gasteiger partial charge < -0.3 is 5.73 Å². The lowest BCUT2D eigenvalue weighted by Gasteiger charge is -2.16. The molecule has 0 saturated carbocycles. The molecule has 0 unspecified atom stereocenters. The Bertz CT molecular complexity index is 344. The van der Waals surface area contributed by atoms with Gasteiger partial charge in [0.15, 0.2) is 0 Å². The molecule has 0 aliphatic rings. The van der Waals surface area contributed by atoms with Gasteiger partial charge >= 0.3 is 6.18 Å². The van der Waals surface area contributed by atoms with Crippen LogP contribution in [0.4, 0.5) is 13.2 Å². The van der Waals surface area contributed by atoms with Gasteiger partial charge in [-0.2, -0.15) is 13.2 Å². The second-order valence-corrected chi connectivity index (χ2v) is 3.79. The Kier molecular flexibility index (Phi) is 3.39. The van der Waals surface area contributed by atoms with E-state index in [0.717, 1.165) is 11.1 Å². The standard InChI is InChI=1S/C11H14F3N/c1-7-3-4-9(8(2)5-7)10(15)6-11(12,13)14/h3-5,10H,6,15H2,1-2H3/t10-/m1/s1. The number of alkyl halides is 3. The van der Waals surface area contributed by atoms with Crippen molar-refractivity contribution in [3.8, 4) is 0 Å². The molecule has 1 nitrogen and oxygen atoms in total. The third-order valence-corrected chi connectivity index (χ3v) is 2.28. The van der Waals surface area contributed by atoms with Gasteiger partial charge in [-0.15, -0.1) is 0 Å². The summed E-state index contributed by atoms with van der Waals surface area (Å²) in [5.41, 5.74) is 7.91. The molecule has 0 bridgehead atoms. The summed E-state index contributed by atoms with van der Waals surface area (Å²) in [5.74, 6) is 0. The molecule has 0 fully saturated rings. The fourth-order valence-electron chi connectivity index (χ4n) is 1.60. The van der Waals surface area contributed by atoms with E-state index in [2.05, 4.69) is 0 Å². The molecular formula is C11H14F3N. The second kappa shape index (κ2) is 4.23. The highest BCUT2D eigenvalue weighted by Gasteiger charge is 2.31. The van der Waals surface area contributed by atoms with Crippen molar-refractivity contribution in [2.75, 3.05) is 0 Å². The van der Waals surface area contributed by atoms with Crippen LogP contribution in [0.25, 0.3) is 0 Å². The average molecular weight is 217 g/mol. The first kappa shape index (κ1) is 12.0. The summed E-state index contributed by atoms with van der Waals surface area (Å²) in [5, 5.41) is 0. The minimum Gasteiger partial charge on any atom is -0.324 e. The Labute approximate surface area is 87.1 Å². The number of hydrogen-bond donors (Lipinski definition) is 1. The summed E-state index contributed by atoms with van der Waals surface area (Å²) in [4.78, 5) is 0. The zero-order chi connectivity index (χ0) is 11.6. The summed E-state index contributed by atoms with van der Waals surface area (Å²) < 4.78 is 36.4. The minimum absolute atomic E-state index is 0.568. The van der Waals surface area contributed by atoms with Gasteiger partial charge in [-0.1, -0.05) is 23.8 Å². The smallest absolute Gasteiger partial charge is 0.324 e. The van der Waals surface area contributed by atoms with Crippen LogP contribution in [0.2, 0.25) is 0 Å². The lowest BCUT2D eigenvalue weighted by molar-refractivity contribution is -0.138. The van der Waals surface area contributed by atoms with Crippen LogP contribution in [0, 0.1) is 13.8 Å². The van der Waals surface area contributed by atoms with Crippen molar-refractivity contribution in [1.82, 2.24) is 0 Å². The van der Waals surface area contributed by atoms with Crippen molar-refractivity contribution < 1.29 is 13.2 Å². The molecule has 0 saturated heterocycles. The highest BCUT2D eigenvalue weighted by molar-refractivity contribution is 5.32. The first-order valence-electron chi connectivity index (χ1n) is 4.69. The summed E-state index contributed by atoms with van der Waals surface area (Å²) in [7, 11) is 0. The number of nitrogens with two attached hydrogens (primary N) is 1. The highest BCUT2D eigenvalue weighted by Crippen LogP contribution is 2.29. The summed E-state index contributed by atoms with van der Waals surface area (Å²) in [6.07, 6.45) is -5.19. The van der Waals surface area contributed by atoms with Crippen LogP contribution in [0.3, 0.4) is 0 Å². The van der Waals surface area contributed by atoms with Crippen molar-refractivity contribution in [3.63, 3.8) is 0 Å². The van der Waals surface area contributed by atoms with Crippen LogP contribution < -0.4 is 5.73 Å². The van der Waals surface area contributed by atoms with Gasteiger partial charge in [0.05, 0.1) is 6.42 Å². The van der Waals surface area contributed by atoms with E-state index >= 15 is 0 Å². The van der Waals surface area contributed by atoms with E-state index in [1.807, 2.05) is 13.0 Å². The molecule has 0 aromatic heterocycles. The van der Waals surface area contributed by atoms with Gasteiger partial charge in [0.25, 0.3) is 0 Å². The molecule has 1 rings (SSSR count). The maximum absolute atomic E-state index is 12.1. The fraction of sp³-hybridized carbons (Fsp3) is 0.455. The normalized spacial score (nSPS) is 14.0. The van der Waals surface area contributed by atoms with Crippen molar-refractivity contribution >= 4 is 0 Å². The van der Waals surface area contributed by atoms with E-state index in [1.165, 1.54) is 0 Å². The first-order valence-corrected chi connectivity index (χ1v) is 4.69. The van der Waals surface area contributed by atoms with Gasteiger partial charge in [-0.25, -0.2) is 0 Å². The van der Waals surface area contributed by atoms with Gasteiger partial charge in [0, 0.05) is 6.04 Å².